The van der Waals surface area contributed by atoms with Gasteiger partial charge >= 0.3 is 0 Å². The summed E-state index contributed by atoms with van der Waals surface area (Å²) in [6.45, 7) is 10.2. The average Bonchev–Trinajstić information content (AvgIpc) is 3.19. The lowest BCUT2D eigenvalue weighted by Crippen LogP contribution is -2.40. The Bertz CT molecular complexity index is 644. The highest BCUT2D eigenvalue weighted by Crippen LogP contribution is 2.53. The van der Waals surface area contributed by atoms with E-state index in [1.54, 1.807) is 18.2 Å². The third-order valence-corrected chi connectivity index (χ3v) is 5.85. The molecule has 1 saturated heterocycles. The third kappa shape index (κ3) is 5.13. The van der Waals surface area contributed by atoms with Crippen LogP contribution >= 0.6 is 23.2 Å². The summed E-state index contributed by atoms with van der Waals surface area (Å²) in [6, 6.07) is 5.23. The normalized spacial score (nSPS) is 22.4. The standard InChI is InChI=1S/C20H28Cl2N2O2/c1-19(2,3)26-9-8-24-6-4-20(5-7-24)13-17(20)23-18(25)14-10-15(21)12-16(22)11-14/h10-12,17H,4-9,13H2,1-3H3,(H,23,25). The van der Waals surface area contributed by atoms with E-state index in [-0.39, 0.29) is 23.0 Å². The number of carbonyl (C=O) groups excluding carboxylic acids is 1. The second-order valence-corrected chi connectivity index (χ2v) is 9.43. The Hall–Kier alpha value is -0.810. The lowest BCUT2D eigenvalue weighted by molar-refractivity contribution is -0.0169. The second kappa shape index (κ2) is 7.67. The van der Waals surface area contributed by atoms with Crippen molar-refractivity contribution >= 4 is 29.1 Å². The van der Waals surface area contributed by atoms with Crippen LogP contribution in [0.1, 0.15) is 50.4 Å². The molecule has 1 N–H and O–H groups in total. The molecule has 1 amide bonds. The highest BCUT2D eigenvalue weighted by molar-refractivity contribution is 6.35. The lowest BCUT2D eigenvalue weighted by Gasteiger charge is -2.33. The lowest BCUT2D eigenvalue weighted by atomic mass is 9.92. The van der Waals surface area contributed by atoms with Gasteiger partial charge in [-0.05, 0) is 76.7 Å². The van der Waals surface area contributed by atoms with Gasteiger partial charge in [0.15, 0.2) is 0 Å². The Labute approximate surface area is 166 Å². The molecule has 1 aromatic carbocycles. The molecule has 1 aliphatic heterocycles. The van der Waals surface area contributed by atoms with Gasteiger partial charge in [-0.1, -0.05) is 23.2 Å². The molecule has 3 rings (SSSR count). The molecular formula is C20H28Cl2N2O2. The van der Waals surface area contributed by atoms with Crippen LogP contribution in [-0.2, 0) is 4.74 Å². The van der Waals surface area contributed by atoms with Gasteiger partial charge < -0.3 is 15.0 Å². The number of benzene rings is 1. The van der Waals surface area contributed by atoms with E-state index >= 15 is 0 Å². The molecule has 6 heteroatoms. The number of hydrogen-bond donors (Lipinski definition) is 1. The predicted octanol–water partition coefficient (Wildman–Crippen LogP) is 4.39. The molecule has 144 valence electrons. The van der Waals surface area contributed by atoms with Gasteiger partial charge in [0.25, 0.3) is 5.91 Å². The van der Waals surface area contributed by atoms with E-state index in [0.717, 1.165) is 45.5 Å². The van der Waals surface area contributed by atoms with Crippen LogP contribution in [0.2, 0.25) is 10.0 Å². The molecule has 0 bridgehead atoms. The average molecular weight is 399 g/mol. The van der Waals surface area contributed by atoms with Crippen molar-refractivity contribution < 1.29 is 9.53 Å². The van der Waals surface area contributed by atoms with Crippen molar-refractivity contribution in [3.63, 3.8) is 0 Å². The summed E-state index contributed by atoms with van der Waals surface area (Å²) in [7, 11) is 0. The third-order valence-electron chi connectivity index (χ3n) is 5.41. The van der Waals surface area contributed by atoms with Crippen molar-refractivity contribution in [2.24, 2.45) is 5.41 Å². The highest BCUT2D eigenvalue weighted by atomic mass is 35.5. The number of amides is 1. The minimum Gasteiger partial charge on any atom is -0.375 e. The molecular weight excluding hydrogens is 371 g/mol. The molecule has 26 heavy (non-hydrogen) atoms. The Morgan fingerprint density at radius 1 is 1.23 bits per heavy atom. The van der Waals surface area contributed by atoms with Crippen molar-refractivity contribution in [2.75, 3.05) is 26.2 Å². The van der Waals surface area contributed by atoms with Gasteiger partial charge in [-0.25, -0.2) is 0 Å². The number of hydrogen-bond acceptors (Lipinski definition) is 3. The maximum Gasteiger partial charge on any atom is 0.251 e. The van der Waals surface area contributed by atoms with Crippen LogP contribution in [0.15, 0.2) is 18.2 Å². The molecule has 0 aromatic heterocycles. The van der Waals surface area contributed by atoms with Crippen molar-refractivity contribution in [3.8, 4) is 0 Å². The molecule has 2 fully saturated rings. The fourth-order valence-electron chi connectivity index (χ4n) is 3.73. The summed E-state index contributed by atoms with van der Waals surface area (Å²) in [6.07, 6.45) is 3.33. The minimum atomic E-state index is -0.0859. The summed E-state index contributed by atoms with van der Waals surface area (Å²) in [4.78, 5) is 14.9. The molecule has 4 nitrogen and oxygen atoms in total. The van der Waals surface area contributed by atoms with Gasteiger partial charge in [-0.2, -0.15) is 0 Å². The monoisotopic (exact) mass is 398 g/mol. The van der Waals surface area contributed by atoms with Crippen molar-refractivity contribution in [2.45, 2.75) is 51.7 Å². The van der Waals surface area contributed by atoms with Crippen LogP contribution in [0.25, 0.3) is 0 Å². The smallest absolute Gasteiger partial charge is 0.251 e. The fourth-order valence-corrected chi connectivity index (χ4v) is 4.26. The van der Waals surface area contributed by atoms with Gasteiger partial charge in [0.2, 0.25) is 0 Å². The first-order chi connectivity index (χ1) is 12.2. The van der Waals surface area contributed by atoms with E-state index in [1.807, 2.05) is 0 Å². The second-order valence-electron chi connectivity index (χ2n) is 8.55. The van der Waals surface area contributed by atoms with E-state index in [4.69, 9.17) is 27.9 Å². The van der Waals surface area contributed by atoms with Gasteiger partial charge in [0.1, 0.15) is 0 Å². The maximum absolute atomic E-state index is 12.5. The number of likely N-dealkylation sites (tertiary alicyclic amines) is 1. The van der Waals surface area contributed by atoms with Crippen LogP contribution in [-0.4, -0.2) is 48.7 Å². The van der Waals surface area contributed by atoms with E-state index in [1.165, 1.54) is 0 Å². The zero-order valence-electron chi connectivity index (χ0n) is 15.8. The summed E-state index contributed by atoms with van der Waals surface area (Å²) in [5, 5.41) is 4.13. The van der Waals surface area contributed by atoms with Crippen molar-refractivity contribution in [1.82, 2.24) is 10.2 Å². The number of ether oxygens (including phenoxy) is 1. The molecule has 1 saturated carbocycles. The van der Waals surface area contributed by atoms with Crippen LogP contribution in [0, 0.1) is 5.41 Å². The molecule has 1 unspecified atom stereocenters. The topological polar surface area (TPSA) is 41.6 Å². The Morgan fingerprint density at radius 3 is 2.42 bits per heavy atom. The summed E-state index contributed by atoms with van der Waals surface area (Å²) < 4.78 is 5.82. The zero-order chi connectivity index (χ0) is 18.9. The largest absolute Gasteiger partial charge is 0.375 e. The summed E-state index contributed by atoms with van der Waals surface area (Å²) >= 11 is 12.0. The quantitative estimate of drug-likeness (QED) is 0.799. The molecule has 0 radical (unpaired) electrons. The Kier molecular flexibility index (Phi) is 5.88. The van der Waals surface area contributed by atoms with E-state index in [0.29, 0.717) is 15.6 Å². The van der Waals surface area contributed by atoms with Crippen molar-refractivity contribution in [1.29, 1.82) is 0 Å². The fraction of sp³-hybridized carbons (Fsp3) is 0.650. The summed E-state index contributed by atoms with van der Waals surface area (Å²) in [5.41, 5.74) is 0.729. The first-order valence-corrected chi connectivity index (χ1v) is 10.1. The Morgan fingerprint density at radius 2 is 1.85 bits per heavy atom. The first-order valence-electron chi connectivity index (χ1n) is 9.30. The van der Waals surface area contributed by atoms with Gasteiger partial charge in [-0.15, -0.1) is 0 Å². The highest BCUT2D eigenvalue weighted by Gasteiger charge is 2.55. The molecule has 1 heterocycles. The number of piperidine rings is 1. The van der Waals surface area contributed by atoms with Crippen LogP contribution in [0.3, 0.4) is 0 Å². The maximum atomic E-state index is 12.5. The number of rotatable bonds is 5. The number of halogens is 2. The van der Waals surface area contributed by atoms with Gasteiger partial charge in [0.05, 0.1) is 12.2 Å². The van der Waals surface area contributed by atoms with Crippen LogP contribution in [0.4, 0.5) is 0 Å². The van der Waals surface area contributed by atoms with Crippen molar-refractivity contribution in [3.05, 3.63) is 33.8 Å². The molecule has 1 atom stereocenters. The SMILES string of the molecule is CC(C)(C)OCCN1CCC2(CC1)CC2NC(=O)c1cc(Cl)cc(Cl)c1. The zero-order valence-corrected chi connectivity index (χ0v) is 17.3. The molecule has 1 aliphatic carbocycles. The molecule has 2 aliphatic rings. The number of nitrogens with one attached hydrogen (secondary N) is 1. The molecule has 1 aromatic rings. The van der Waals surface area contributed by atoms with Crippen LogP contribution < -0.4 is 5.32 Å². The predicted molar refractivity (Wildman–Crippen MR) is 106 cm³/mol. The first kappa shape index (κ1) is 19.9. The minimum absolute atomic E-state index is 0.0773. The number of nitrogens with zero attached hydrogens (tertiary/aromatic N) is 1. The van der Waals surface area contributed by atoms with Gasteiger partial charge in [0, 0.05) is 28.2 Å². The van der Waals surface area contributed by atoms with Gasteiger partial charge in [-0.3, -0.25) is 4.79 Å². The van der Waals surface area contributed by atoms with E-state index in [9.17, 15) is 4.79 Å². The van der Waals surface area contributed by atoms with E-state index < -0.39 is 0 Å². The number of carbonyl (C=O) groups is 1. The molecule has 1 spiro atoms. The Balaban J connectivity index is 1.45. The van der Waals surface area contributed by atoms with Crippen LogP contribution in [0.5, 0.6) is 0 Å². The van der Waals surface area contributed by atoms with E-state index in [2.05, 4.69) is 31.0 Å². The summed E-state index contributed by atoms with van der Waals surface area (Å²) in [5.74, 6) is -0.0859.